The second kappa shape index (κ2) is 15.9. The molecule has 60 heavy (non-hydrogen) atoms. The molecular formula is C54H36N4OPt. The van der Waals surface area contributed by atoms with Gasteiger partial charge in [0.1, 0.15) is 5.82 Å². The molecule has 10 aromatic rings. The molecule has 8 aromatic carbocycles. The first-order valence-corrected chi connectivity index (χ1v) is 19.8. The van der Waals surface area contributed by atoms with Crippen molar-refractivity contribution in [2.75, 3.05) is 16.5 Å². The number of rotatable bonds is 8. The molecule has 0 saturated heterocycles. The van der Waals surface area contributed by atoms with Gasteiger partial charge in [0.05, 0.1) is 18.0 Å². The van der Waals surface area contributed by atoms with Crippen LogP contribution in [0.25, 0.3) is 61.0 Å². The Bertz CT molecular complexity index is 3070. The van der Waals surface area contributed by atoms with Gasteiger partial charge in [0.2, 0.25) is 0 Å². The third kappa shape index (κ3) is 6.63. The van der Waals surface area contributed by atoms with Crippen LogP contribution in [0.1, 0.15) is 0 Å². The molecular weight excluding hydrogens is 916 g/mol. The second-order valence-electron chi connectivity index (χ2n) is 14.6. The van der Waals surface area contributed by atoms with Crippen molar-refractivity contribution >= 4 is 44.6 Å². The molecule has 0 amide bonds. The first-order chi connectivity index (χ1) is 29.3. The molecule has 1 aliphatic heterocycles. The van der Waals surface area contributed by atoms with Crippen LogP contribution < -0.4 is 14.5 Å². The quantitative estimate of drug-likeness (QED) is 0.142. The van der Waals surface area contributed by atoms with E-state index in [0.717, 1.165) is 83.8 Å². The van der Waals surface area contributed by atoms with Crippen LogP contribution in [0.5, 0.6) is 11.5 Å². The zero-order valence-electron chi connectivity index (χ0n) is 32.4. The zero-order valence-corrected chi connectivity index (χ0v) is 34.6. The fourth-order valence-corrected chi connectivity index (χ4v) is 8.47. The molecule has 0 aliphatic carbocycles. The Labute approximate surface area is 363 Å². The van der Waals surface area contributed by atoms with Gasteiger partial charge in [-0.25, -0.2) is 4.98 Å². The maximum Gasteiger partial charge on any atom is 2.00 e. The van der Waals surface area contributed by atoms with Crippen LogP contribution >= 0.6 is 0 Å². The molecule has 0 fully saturated rings. The Morgan fingerprint density at radius 2 is 1.10 bits per heavy atom. The van der Waals surface area contributed by atoms with Crippen molar-refractivity contribution in [2.24, 2.45) is 0 Å². The monoisotopic (exact) mass is 951 g/mol. The number of ether oxygens (including phenoxy) is 1. The van der Waals surface area contributed by atoms with Gasteiger partial charge < -0.3 is 19.1 Å². The molecule has 288 valence electrons. The summed E-state index contributed by atoms with van der Waals surface area (Å²) in [4.78, 5) is 9.61. The van der Waals surface area contributed by atoms with Crippen LogP contribution in [0.2, 0.25) is 0 Å². The number of para-hydroxylation sites is 4. The van der Waals surface area contributed by atoms with E-state index in [1.54, 1.807) is 0 Å². The predicted molar refractivity (Wildman–Crippen MR) is 241 cm³/mol. The summed E-state index contributed by atoms with van der Waals surface area (Å²) >= 11 is 0. The Kier molecular flexibility index (Phi) is 9.81. The molecule has 0 N–H and O–H groups in total. The van der Waals surface area contributed by atoms with E-state index in [9.17, 15) is 0 Å². The number of anilines is 4. The first kappa shape index (κ1) is 37.1. The van der Waals surface area contributed by atoms with E-state index in [2.05, 4.69) is 202 Å². The average molecular weight is 952 g/mol. The van der Waals surface area contributed by atoms with Gasteiger partial charge in [-0.1, -0.05) is 139 Å². The van der Waals surface area contributed by atoms with Gasteiger partial charge in [0, 0.05) is 28.9 Å². The summed E-state index contributed by atoms with van der Waals surface area (Å²) in [6, 6.07) is 77.0. The molecule has 1 aliphatic rings. The Balaban J connectivity index is 0.00000433. The van der Waals surface area contributed by atoms with Gasteiger partial charge in [0.15, 0.2) is 0 Å². The Morgan fingerprint density at radius 1 is 0.483 bits per heavy atom. The minimum absolute atomic E-state index is 0. The van der Waals surface area contributed by atoms with E-state index in [0.29, 0.717) is 18.2 Å². The predicted octanol–water partition coefficient (Wildman–Crippen LogP) is 13.8. The molecule has 0 atom stereocenters. The van der Waals surface area contributed by atoms with E-state index in [-0.39, 0.29) is 21.1 Å². The van der Waals surface area contributed by atoms with E-state index >= 15 is 0 Å². The molecule has 0 radical (unpaired) electrons. The summed E-state index contributed by atoms with van der Waals surface area (Å²) in [6.07, 6.45) is 1.91. The van der Waals surface area contributed by atoms with Gasteiger partial charge in [-0.2, -0.15) is 12.1 Å². The van der Waals surface area contributed by atoms with E-state index < -0.39 is 0 Å². The largest absolute Gasteiger partial charge is 2.00 e. The summed E-state index contributed by atoms with van der Waals surface area (Å²) in [5, 5.41) is 2.19. The van der Waals surface area contributed by atoms with Crippen molar-refractivity contribution in [2.45, 2.75) is 0 Å². The molecule has 11 rings (SSSR count). The summed E-state index contributed by atoms with van der Waals surface area (Å²) in [5.74, 6) is 2.01. The Hall–Kier alpha value is -7.20. The number of hydrogen-bond donors (Lipinski definition) is 0. The van der Waals surface area contributed by atoms with Crippen molar-refractivity contribution in [3.05, 3.63) is 219 Å². The number of benzene rings is 8. The van der Waals surface area contributed by atoms with Gasteiger partial charge in [-0.05, 0) is 81.2 Å². The molecule has 2 aromatic heterocycles. The van der Waals surface area contributed by atoms with Gasteiger partial charge in [-0.3, -0.25) is 0 Å². The van der Waals surface area contributed by atoms with E-state index in [1.165, 1.54) is 0 Å². The fourth-order valence-electron chi connectivity index (χ4n) is 8.47. The summed E-state index contributed by atoms with van der Waals surface area (Å²) < 4.78 is 8.81. The standard InChI is InChI=1S/C54H36N4O.Pt/c1-4-16-38(17-5-1)45-25-15-26-46(39-18-6-2-7-19-39)54(45)40-32-33-55-53(34-40)58-49-27-11-10-24-47(49)48-31-30-44(36-52(48)58)59-43-23-14-22-42(35-43)57-37-56(41-20-8-3-9-21-41)50-28-12-13-29-51(50)57;/h1-34H,37H2;/q-2;+2. The number of nitrogens with zero attached hydrogens (tertiary/aromatic N) is 4. The molecule has 0 unspecified atom stereocenters. The second-order valence-corrected chi connectivity index (χ2v) is 14.6. The van der Waals surface area contributed by atoms with Crippen molar-refractivity contribution in [3.63, 3.8) is 0 Å². The maximum atomic E-state index is 6.61. The molecule has 0 saturated carbocycles. The van der Waals surface area contributed by atoms with Crippen molar-refractivity contribution in [3.8, 4) is 50.7 Å². The smallest absolute Gasteiger partial charge is 0.509 e. The van der Waals surface area contributed by atoms with Crippen molar-refractivity contribution in [1.29, 1.82) is 0 Å². The van der Waals surface area contributed by atoms with Crippen molar-refractivity contribution < 1.29 is 25.8 Å². The summed E-state index contributed by atoms with van der Waals surface area (Å²) in [6.45, 7) is 0.663. The molecule has 0 spiro atoms. The topological polar surface area (TPSA) is 33.5 Å². The maximum absolute atomic E-state index is 6.61. The van der Waals surface area contributed by atoms with Crippen molar-refractivity contribution in [1.82, 2.24) is 9.55 Å². The minimum Gasteiger partial charge on any atom is -0.509 e. The summed E-state index contributed by atoms with van der Waals surface area (Å²) in [5.41, 5.74) is 13.2. The number of aromatic nitrogens is 2. The zero-order chi connectivity index (χ0) is 39.1. The SMILES string of the molecule is [Pt+2].[c-]1c(Oc2[c-]c3c(cc2)c2ccccc2n3-c2cc(-c3c(-c4ccccc4)cccc3-c3ccccc3)ccn2)cccc1N1CN(c2ccccc2)c2ccccc21. The molecule has 3 heterocycles. The van der Waals surface area contributed by atoms with Crippen LogP contribution in [0.3, 0.4) is 0 Å². The normalized spacial score (nSPS) is 12.1. The van der Waals surface area contributed by atoms with Gasteiger partial charge in [-0.15, -0.1) is 35.7 Å². The Morgan fingerprint density at radius 3 is 1.83 bits per heavy atom. The molecule has 6 heteroatoms. The van der Waals surface area contributed by atoms with Crippen LogP contribution in [0.15, 0.2) is 206 Å². The van der Waals surface area contributed by atoms with E-state index in [4.69, 9.17) is 9.72 Å². The number of fused-ring (bicyclic) bond motifs is 4. The fraction of sp³-hybridized carbons (Fsp3) is 0.0185. The average Bonchev–Trinajstić information content (AvgIpc) is 3.86. The number of hydrogen-bond acceptors (Lipinski definition) is 4. The third-order valence-electron chi connectivity index (χ3n) is 11.1. The van der Waals surface area contributed by atoms with Crippen LogP contribution in [-0.2, 0) is 21.1 Å². The van der Waals surface area contributed by atoms with Gasteiger partial charge in [0.25, 0.3) is 0 Å². The van der Waals surface area contributed by atoms with Crippen LogP contribution in [-0.4, -0.2) is 16.2 Å². The minimum atomic E-state index is 0. The van der Waals surface area contributed by atoms with Crippen LogP contribution in [0.4, 0.5) is 22.7 Å². The molecule has 0 bridgehead atoms. The molecule has 5 nitrogen and oxygen atoms in total. The third-order valence-corrected chi connectivity index (χ3v) is 11.1. The van der Waals surface area contributed by atoms with Crippen LogP contribution in [0, 0.1) is 12.1 Å². The van der Waals surface area contributed by atoms with E-state index in [1.807, 2.05) is 30.5 Å². The first-order valence-electron chi connectivity index (χ1n) is 19.8. The summed E-state index contributed by atoms with van der Waals surface area (Å²) in [7, 11) is 0. The number of pyridine rings is 1. The van der Waals surface area contributed by atoms with Gasteiger partial charge >= 0.3 is 21.1 Å².